The van der Waals surface area contributed by atoms with E-state index in [-0.39, 0.29) is 17.9 Å². The lowest BCUT2D eigenvalue weighted by molar-refractivity contribution is -0.130. The highest BCUT2D eigenvalue weighted by Gasteiger charge is 2.17. The maximum Gasteiger partial charge on any atom is 0.255 e. The molecule has 0 atom stereocenters. The van der Waals surface area contributed by atoms with Crippen LogP contribution in [0, 0.1) is 6.92 Å². The molecule has 0 aliphatic carbocycles. The van der Waals surface area contributed by atoms with Crippen molar-refractivity contribution < 1.29 is 4.79 Å². The first-order valence-corrected chi connectivity index (χ1v) is 8.34. The number of carbonyl (C=O) groups excluding carboxylic acids is 1. The average molecular weight is 328 g/mol. The zero-order chi connectivity index (χ0) is 17.5. The highest BCUT2D eigenvalue weighted by molar-refractivity contribution is 5.79. The van der Waals surface area contributed by atoms with Gasteiger partial charge in [-0.25, -0.2) is 4.98 Å². The lowest BCUT2D eigenvalue weighted by Gasteiger charge is -2.20. The second-order valence-corrected chi connectivity index (χ2v) is 5.72. The molecule has 128 valence electrons. The smallest absolute Gasteiger partial charge is 0.255 e. The third-order valence-electron chi connectivity index (χ3n) is 4.00. The molecular weight excluding hydrogens is 304 g/mol. The Kier molecular flexibility index (Phi) is 6.23. The van der Waals surface area contributed by atoms with Crippen LogP contribution in [0.2, 0.25) is 0 Å². The molecule has 6 heteroatoms. The number of unbranched alkanes of at least 4 members (excludes halogenated alkanes) is 1. The lowest BCUT2D eigenvalue weighted by atomic mass is 10.1. The highest BCUT2D eigenvalue weighted by Crippen LogP contribution is 2.13. The first kappa shape index (κ1) is 17.8. The number of H-pyrrole nitrogens is 1. The zero-order valence-electron chi connectivity index (χ0n) is 14.5. The first-order valence-electron chi connectivity index (χ1n) is 8.34. The molecule has 0 aliphatic rings. The van der Waals surface area contributed by atoms with Crippen molar-refractivity contribution in [3.05, 3.63) is 46.1 Å². The van der Waals surface area contributed by atoms with E-state index in [2.05, 4.69) is 21.9 Å². The minimum Gasteiger partial charge on any atom is -0.343 e. The van der Waals surface area contributed by atoms with E-state index in [1.807, 2.05) is 13.0 Å². The molecule has 0 bridgehead atoms. The summed E-state index contributed by atoms with van der Waals surface area (Å²) in [6, 6.07) is 3.62. The minimum absolute atomic E-state index is 0.0320. The number of rotatable bonds is 7. The number of hydrogen-bond donors (Lipinski definition) is 1. The number of nitrogens with zero attached hydrogens (tertiary/aromatic N) is 3. The van der Waals surface area contributed by atoms with Crippen molar-refractivity contribution in [2.24, 2.45) is 0 Å². The van der Waals surface area contributed by atoms with E-state index in [4.69, 9.17) is 0 Å². The molecule has 2 heterocycles. The van der Waals surface area contributed by atoms with Crippen LogP contribution in [0.1, 0.15) is 37.9 Å². The van der Waals surface area contributed by atoms with Crippen molar-refractivity contribution in [3.8, 4) is 11.4 Å². The number of aromatic nitrogens is 3. The molecule has 0 spiro atoms. The Morgan fingerprint density at radius 1 is 1.33 bits per heavy atom. The third-order valence-corrected chi connectivity index (χ3v) is 4.00. The van der Waals surface area contributed by atoms with Crippen molar-refractivity contribution in [2.45, 2.75) is 40.0 Å². The quantitative estimate of drug-likeness (QED) is 0.846. The van der Waals surface area contributed by atoms with Gasteiger partial charge in [-0.2, -0.15) is 0 Å². The summed E-state index contributed by atoms with van der Waals surface area (Å²) in [5.41, 5.74) is 1.50. The van der Waals surface area contributed by atoms with Gasteiger partial charge in [-0.1, -0.05) is 13.3 Å². The number of pyridine rings is 1. The maximum absolute atomic E-state index is 12.4. The van der Waals surface area contributed by atoms with E-state index in [1.54, 1.807) is 30.3 Å². The van der Waals surface area contributed by atoms with E-state index >= 15 is 0 Å². The van der Waals surface area contributed by atoms with E-state index in [1.165, 1.54) is 0 Å². The van der Waals surface area contributed by atoms with Gasteiger partial charge in [0.05, 0.1) is 6.42 Å². The van der Waals surface area contributed by atoms with Crippen molar-refractivity contribution in [1.82, 2.24) is 19.9 Å². The van der Waals surface area contributed by atoms with Gasteiger partial charge in [-0.15, -0.1) is 0 Å². The summed E-state index contributed by atoms with van der Waals surface area (Å²) in [6.45, 7) is 7.18. The fourth-order valence-corrected chi connectivity index (χ4v) is 2.53. The second kappa shape index (κ2) is 8.38. The Balaban J connectivity index is 2.23. The summed E-state index contributed by atoms with van der Waals surface area (Å²) in [6.07, 6.45) is 5.39. The van der Waals surface area contributed by atoms with Gasteiger partial charge in [-0.3, -0.25) is 14.6 Å². The first-order chi connectivity index (χ1) is 11.6. The van der Waals surface area contributed by atoms with E-state index in [0.29, 0.717) is 23.6 Å². The fourth-order valence-electron chi connectivity index (χ4n) is 2.53. The molecule has 24 heavy (non-hydrogen) atoms. The molecule has 0 saturated carbocycles. The number of likely N-dealkylation sites (N-methyl/N-ethyl adjacent to an activating group) is 1. The summed E-state index contributed by atoms with van der Waals surface area (Å²) in [5.74, 6) is 0.440. The molecule has 0 radical (unpaired) electrons. The average Bonchev–Trinajstić information content (AvgIpc) is 2.59. The van der Waals surface area contributed by atoms with Crippen molar-refractivity contribution in [3.63, 3.8) is 0 Å². The molecule has 0 unspecified atom stereocenters. The number of hydrogen-bond acceptors (Lipinski definition) is 4. The van der Waals surface area contributed by atoms with Crippen LogP contribution >= 0.6 is 0 Å². The fraction of sp³-hybridized carbons (Fsp3) is 0.444. The molecule has 6 nitrogen and oxygen atoms in total. The van der Waals surface area contributed by atoms with Crippen LogP contribution in [0.4, 0.5) is 0 Å². The molecule has 1 N–H and O–H groups in total. The zero-order valence-corrected chi connectivity index (χ0v) is 14.5. The number of amides is 1. The van der Waals surface area contributed by atoms with Crippen LogP contribution in [0.15, 0.2) is 29.3 Å². The van der Waals surface area contributed by atoms with Crippen LogP contribution < -0.4 is 5.56 Å². The van der Waals surface area contributed by atoms with Crippen LogP contribution in [0.25, 0.3) is 11.4 Å². The van der Waals surface area contributed by atoms with Gasteiger partial charge in [0.25, 0.3) is 5.56 Å². The summed E-state index contributed by atoms with van der Waals surface area (Å²) < 4.78 is 0. The van der Waals surface area contributed by atoms with Crippen LogP contribution in [0.5, 0.6) is 0 Å². The summed E-state index contributed by atoms with van der Waals surface area (Å²) in [7, 11) is 0. The molecule has 2 aromatic rings. The minimum atomic E-state index is -0.263. The molecule has 0 saturated heterocycles. The summed E-state index contributed by atoms with van der Waals surface area (Å²) in [4.78, 5) is 37.9. The number of aromatic amines is 1. The van der Waals surface area contributed by atoms with E-state index in [0.717, 1.165) is 24.9 Å². The standard InChI is InChI=1S/C18H24N4O2/c1-4-6-10-22(5-2)16(23)11-15-13(3)20-17(21-18(15)24)14-8-7-9-19-12-14/h7-9,12H,4-6,10-11H2,1-3H3,(H,20,21,24). The van der Waals surface area contributed by atoms with Gasteiger partial charge in [0.1, 0.15) is 5.82 Å². The van der Waals surface area contributed by atoms with Gasteiger partial charge in [0, 0.05) is 42.3 Å². The largest absolute Gasteiger partial charge is 0.343 e. The monoisotopic (exact) mass is 328 g/mol. The van der Waals surface area contributed by atoms with Gasteiger partial charge >= 0.3 is 0 Å². The van der Waals surface area contributed by atoms with Gasteiger partial charge < -0.3 is 9.88 Å². The Morgan fingerprint density at radius 3 is 2.71 bits per heavy atom. The second-order valence-electron chi connectivity index (χ2n) is 5.72. The van der Waals surface area contributed by atoms with Crippen molar-refractivity contribution in [2.75, 3.05) is 13.1 Å². The number of nitrogens with one attached hydrogen (secondary N) is 1. The SMILES string of the molecule is CCCCN(CC)C(=O)Cc1c(C)nc(-c2cccnc2)[nH]c1=O. The maximum atomic E-state index is 12.4. The lowest BCUT2D eigenvalue weighted by Crippen LogP contribution is -2.35. The highest BCUT2D eigenvalue weighted by atomic mass is 16.2. The molecule has 2 aromatic heterocycles. The van der Waals surface area contributed by atoms with Gasteiger partial charge in [0.15, 0.2) is 0 Å². The predicted molar refractivity (Wildman–Crippen MR) is 93.7 cm³/mol. The van der Waals surface area contributed by atoms with Gasteiger partial charge in [-0.05, 0) is 32.4 Å². The van der Waals surface area contributed by atoms with Crippen LogP contribution in [-0.4, -0.2) is 38.8 Å². The van der Waals surface area contributed by atoms with E-state index < -0.39 is 0 Å². The number of carbonyl (C=O) groups is 1. The Bertz CT molecular complexity index is 740. The predicted octanol–water partition coefficient (Wildman–Crippen LogP) is 2.33. The summed E-state index contributed by atoms with van der Waals surface area (Å²) >= 11 is 0. The Labute approximate surface area is 142 Å². The van der Waals surface area contributed by atoms with Crippen LogP contribution in [0.3, 0.4) is 0 Å². The molecule has 2 rings (SSSR count). The normalized spacial score (nSPS) is 10.6. The molecule has 0 fully saturated rings. The molecular formula is C18H24N4O2. The summed E-state index contributed by atoms with van der Waals surface area (Å²) in [5, 5.41) is 0. The molecule has 0 aromatic carbocycles. The Hall–Kier alpha value is -2.50. The third kappa shape index (κ3) is 4.28. The van der Waals surface area contributed by atoms with Crippen LogP contribution in [-0.2, 0) is 11.2 Å². The Morgan fingerprint density at radius 2 is 2.12 bits per heavy atom. The van der Waals surface area contributed by atoms with Crippen molar-refractivity contribution in [1.29, 1.82) is 0 Å². The molecule has 1 amide bonds. The molecule has 0 aliphatic heterocycles. The number of aryl methyl sites for hydroxylation is 1. The van der Waals surface area contributed by atoms with Crippen molar-refractivity contribution >= 4 is 5.91 Å². The van der Waals surface area contributed by atoms with E-state index in [9.17, 15) is 9.59 Å². The topological polar surface area (TPSA) is 79.0 Å². The van der Waals surface area contributed by atoms with Gasteiger partial charge in [0.2, 0.25) is 5.91 Å².